The third-order valence-corrected chi connectivity index (χ3v) is 5.85. The Bertz CT molecular complexity index is 826. The van der Waals surface area contributed by atoms with Crippen LogP contribution < -0.4 is 5.32 Å². The van der Waals surface area contributed by atoms with Crippen molar-refractivity contribution in [2.75, 3.05) is 18.5 Å². The Morgan fingerprint density at radius 2 is 2.24 bits per heavy atom. The van der Waals surface area contributed by atoms with Crippen molar-refractivity contribution in [2.24, 2.45) is 0 Å². The molecule has 3 rings (SSSR count). The van der Waals surface area contributed by atoms with Crippen molar-refractivity contribution >= 4 is 47.2 Å². The molecule has 3 N–H and O–H groups in total. The van der Waals surface area contributed by atoms with E-state index in [9.17, 15) is 4.79 Å². The van der Waals surface area contributed by atoms with Gasteiger partial charge in [0.05, 0.1) is 11.5 Å². The van der Waals surface area contributed by atoms with Crippen molar-refractivity contribution in [2.45, 2.75) is 19.3 Å². The van der Waals surface area contributed by atoms with Gasteiger partial charge in [0.2, 0.25) is 0 Å². The summed E-state index contributed by atoms with van der Waals surface area (Å²) in [4.78, 5) is 18.4. The number of aromatic nitrogens is 1. The largest absolute Gasteiger partial charge is 0.395 e. The minimum absolute atomic E-state index is 0.0612. The first kappa shape index (κ1) is 17.8. The molecule has 2 aromatic rings. The zero-order valence-electron chi connectivity index (χ0n) is 13.6. The SMILES string of the molecule is N=CC1=C(S)c2c(Cc3ccc(NCCO)nc3)sc(C=O)c2CC1. The number of anilines is 1. The van der Waals surface area contributed by atoms with Gasteiger partial charge in [-0.05, 0) is 35.6 Å². The van der Waals surface area contributed by atoms with Gasteiger partial charge in [0.15, 0.2) is 6.29 Å². The van der Waals surface area contributed by atoms with Gasteiger partial charge in [0.1, 0.15) is 5.82 Å². The summed E-state index contributed by atoms with van der Waals surface area (Å²) in [5.74, 6) is 0.723. The lowest BCUT2D eigenvalue weighted by Crippen LogP contribution is -2.07. The predicted octanol–water partition coefficient (Wildman–Crippen LogP) is 3.19. The first-order valence-electron chi connectivity index (χ1n) is 8.00. The Hall–Kier alpha value is -1.96. The second kappa shape index (κ2) is 7.95. The van der Waals surface area contributed by atoms with Gasteiger partial charge in [0, 0.05) is 40.7 Å². The fourth-order valence-corrected chi connectivity index (χ4v) is 4.69. The first-order chi connectivity index (χ1) is 12.2. The van der Waals surface area contributed by atoms with Crippen LogP contribution in [0.25, 0.3) is 4.91 Å². The summed E-state index contributed by atoms with van der Waals surface area (Å²) in [5.41, 5.74) is 4.02. The molecule has 0 bridgehead atoms. The van der Waals surface area contributed by atoms with E-state index in [1.807, 2.05) is 12.1 Å². The molecular formula is C18H19N3O2S2. The molecule has 0 aliphatic heterocycles. The number of aldehydes is 1. The number of rotatable bonds is 7. The number of nitrogens with one attached hydrogen (secondary N) is 2. The molecule has 7 heteroatoms. The Labute approximate surface area is 155 Å². The van der Waals surface area contributed by atoms with Crippen LogP contribution in [-0.2, 0) is 12.8 Å². The van der Waals surface area contributed by atoms with Crippen molar-refractivity contribution < 1.29 is 9.90 Å². The van der Waals surface area contributed by atoms with E-state index < -0.39 is 0 Å². The molecule has 130 valence electrons. The molecule has 0 saturated carbocycles. The fraction of sp³-hybridized carbons (Fsp3) is 0.278. The number of carbonyl (C=O) groups is 1. The maximum atomic E-state index is 11.4. The van der Waals surface area contributed by atoms with Gasteiger partial charge in [-0.25, -0.2) is 4.98 Å². The van der Waals surface area contributed by atoms with Crippen molar-refractivity contribution in [3.05, 3.63) is 50.3 Å². The number of thiophene rings is 1. The highest BCUT2D eigenvalue weighted by Crippen LogP contribution is 2.42. The Balaban J connectivity index is 1.91. The van der Waals surface area contributed by atoms with Gasteiger partial charge in [0.25, 0.3) is 0 Å². The quantitative estimate of drug-likeness (QED) is 0.341. The van der Waals surface area contributed by atoms with E-state index in [2.05, 4.69) is 22.9 Å². The highest BCUT2D eigenvalue weighted by Gasteiger charge is 2.24. The van der Waals surface area contributed by atoms with Gasteiger partial charge in [-0.15, -0.1) is 24.0 Å². The molecule has 0 spiro atoms. The van der Waals surface area contributed by atoms with Gasteiger partial charge in [-0.3, -0.25) is 4.79 Å². The lowest BCUT2D eigenvalue weighted by Gasteiger charge is -2.17. The van der Waals surface area contributed by atoms with E-state index in [1.165, 1.54) is 17.6 Å². The molecular weight excluding hydrogens is 354 g/mol. The highest BCUT2D eigenvalue weighted by atomic mass is 32.1. The smallest absolute Gasteiger partial charge is 0.160 e. The molecule has 0 fully saturated rings. The van der Waals surface area contributed by atoms with Crippen molar-refractivity contribution in [3.63, 3.8) is 0 Å². The van der Waals surface area contributed by atoms with E-state index in [-0.39, 0.29) is 6.61 Å². The summed E-state index contributed by atoms with van der Waals surface area (Å²) in [7, 11) is 0. The number of aliphatic hydroxyl groups excluding tert-OH is 1. The molecule has 0 unspecified atom stereocenters. The van der Waals surface area contributed by atoms with E-state index in [0.717, 1.165) is 61.9 Å². The number of hydrogen-bond donors (Lipinski definition) is 4. The molecule has 0 radical (unpaired) electrons. The number of allylic oxidation sites excluding steroid dienone is 1. The van der Waals surface area contributed by atoms with Crippen LogP contribution in [0.15, 0.2) is 23.9 Å². The number of carbonyl (C=O) groups excluding carboxylic acids is 1. The molecule has 2 aromatic heterocycles. The van der Waals surface area contributed by atoms with Crippen LogP contribution in [0, 0.1) is 5.41 Å². The van der Waals surface area contributed by atoms with Crippen LogP contribution in [-0.4, -0.2) is 35.7 Å². The summed E-state index contributed by atoms with van der Waals surface area (Å²) < 4.78 is 0. The van der Waals surface area contributed by atoms with Crippen LogP contribution in [0.4, 0.5) is 5.82 Å². The third kappa shape index (κ3) is 3.68. The Morgan fingerprint density at radius 1 is 1.40 bits per heavy atom. The standard InChI is InChI=1S/C18H19N3O2S2/c19-8-12-2-3-13-15(10-23)25-14(17(13)18(12)24)7-11-1-4-16(21-9-11)20-5-6-22/h1,4,8-10,19,22,24H,2-3,5-7H2,(H,20,21). The predicted molar refractivity (Wildman–Crippen MR) is 105 cm³/mol. The van der Waals surface area contributed by atoms with E-state index in [4.69, 9.17) is 10.5 Å². The average molecular weight is 374 g/mol. The molecule has 5 nitrogen and oxygen atoms in total. The van der Waals surface area contributed by atoms with Crippen molar-refractivity contribution in [1.29, 1.82) is 5.41 Å². The number of thiol groups is 1. The molecule has 1 aliphatic rings. The second-order valence-electron chi connectivity index (χ2n) is 5.76. The molecule has 0 saturated heterocycles. The summed E-state index contributed by atoms with van der Waals surface area (Å²) in [5, 5.41) is 19.4. The van der Waals surface area contributed by atoms with Crippen molar-refractivity contribution in [1.82, 2.24) is 4.98 Å². The molecule has 0 amide bonds. The monoisotopic (exact) mass is 373 g/mol. The maximum Gasteiger partial charge on any atom is 0.160 e. The number of nitrogens with zero attached hydrogens (tertiary/aromatic N) is 1. The second-order valence-corrected chi connectivity index (χ2v) is 7.34. The Morgan fingerprint density at radius 3 is 2.88 bits per heavy atom. The number of hydrogen-bond acceptors (Lipinski definition) is 7. The Kier molecular flexibility index (Phi) is 5.67. The minimum atomic E-state index is 0.0612. The zero-order valence-corrected chi connectivity index (χ0v) is 15.3. The van der Waals surface area contributed by atoms with Gasteiger partial charge < -0.3 is 15.8 Å². The third-order valence-electron chi connectivity index (χ3n) is 4.19. The van der Waals surface area contributed by atoms with Crippen LogP contribution in [0.1, 0.15) is 37.7 Å². The van der Waals surface area contributed by atoms with Crippen molar-refractivity contribution in [3.8, 4) is 0 Å². The van der Waals surface area contributed by atoms with Crippen LogP contribution in [0.3, 0.4) is 0 Å². The first-order valence-corrected chi connectivity index (χ1v) is 9.26. The van der Waals surface area contributed by atoms with E-state index in [0.29, 0.717) is 13.0 Å². The van der Waals surface area contributed by atoms with Crippen LogP contribution in [0.2, 0.25) is 0 Å². The van der Waals surface area contributed by atoms with Gasteiger partial charge >= 0.3 is 0 Å². The number of pyridine rings is 1. The molecule has 0 atom stereocenters. The molecule has 2 heterocycles. The highest BCUT2D eigenvalue weighted by molar-refractivity contribution is 7.90. The summed E-state index contributed by atoms with van der Waals surface area (Å²) >= 11 is 6.13. The fourth-order valence-electron chi connectivity index (χ4n) is 2.96. The molecule has 1 aliphatic carbocycles. The number of fused-ring (bicyclic) bond motifs is 1. The van der Waals surface area contributed by atoms with Gasteiger partial charge in [-0.1, -0.05) is 6.07 Å². The zero-order chi connectivity index (χ0) is 17.8. The molecule has 0 aromatic carbocycles. The average Bonchev–Trinajstić information content (AvgIpc) is 3.00. The molecule has 25 heavy (non-hydrogen) atoms. The lowest BCUT2D eigenvalue weighted by atomic mass is 9.91. The minimum Gasteiger partial charge on any atom is -0.395 e. The van der Waals surface area contributed by atoms with E-state index in [1.54, 1.807) is 6.20 Å². The maximum absolute atomic E-state index is 11.4. The summed E-state index contributed by atoms with van der Waals surface area (Å²) in [6.07, 6.45) is 6.27. The van der Waals surface area contributed by atoms with Crippen LogP contribution in [0.5, 0.6) is 0 Å². The number of aliphatic hydroxyl groups is 1. The van der Waals surface area contributed by atoms with Gasteiger partial charge in [-0.2, -0.15) is 0 Å². The van der Waals surface area contributed by atoms with Crippen LogP contribution >= 0.6 is 24.0 Å². The van der Waals surface area contributed by atoms with E-state index >= 15 is 0 Å². The summed E-state index contributed by atoms with van der Waals surface area (Å²) in [6.45, 7) is 0.527. The summed E-state index contributed by atoms with van der Waals surface area (Å²) in [6, 6.07) is 3.87. The topological polar surface area (TPSA) is 86.1 Å². The normalized spacial score (nSPS) is 13.5. The lowest BCUT2D eigenvalue weighted by molar-refractivity contribution is 0.112.